The fraction of sp³-hybridized carbons (Fsp3) is 0.467. The summed E-state index contributed by atoms with van der Waals surface area (Å²) >= 11 is 0. The summed E-state index contributed by atoms with van der Waals surface area (Å²) in [6.07, 6.45) is 5.26. The highest BCUT2D eigenvalue weighted by atomic mass is 35.5. The average Bonchev–Trinajstić information content (AvgIpc) is 2.98. The lowest BCUT2D eigenvalue weighted by molar-refractivity contribution is 0.220. The van der Waals surface area contributed by atoms with Crippen LogP contribution >= 0.6 is 12.4 Å². The maximum Gasteiger partial charge on any atom is 0.247 e. The topological polar surface area (TPSA) is 74.2 Å². The Hall–Kier alpha value is -1.59. The van der Waals surface area contributed by atoms with Gasteiger partial charge in [-0.3, -0.25) is 0 Å². The van der Waals surface area contributed by atoms with E-state index in [1.807, 2.05) is 24.3 Å². The van der Waals surface area contributed by atoms with E-state index in [1.165, 1.54) is 6.42 Å². The van der Waals surface area contributed by atoms with E-state index in [9.17, 15) is 0 Å². The van der Waals surface area contributed by atoms with E-state index in [1.54, 1.807) is 7.11 Å². The molecule has 2 aromatic rings. The van der Waals surface area contributed by atoms with Crippen molar-refractivity contribution in [2.45, 2.75) is 37.6 Å². The molecule has 0 atom stereocenters. The first-order valence-corrected chi connectivity index (χ1v) is 6.99. The van der Waals surface area contributed by atoms with Gasteiger partial charge in [-0.05, 0) is 25.0 Å². The molecule has 5 nitrogen and oxygen atoms in total. The third kappa shape index (κ3) is 3.04. The van der Waals surface area contributed by atoms with E-state index < -0.39 is 5.54 Å². The molecule has 2 N–H and O–H groups in total. The molecular weight excluding hydrogens is 290 g/mol. The van der Waals surface area contributed by atoms with Crippen LogP contribution in [-0.2, 0) is 5.54 Å². The van der Waals surface area contributed by atoms with Crippen molar-refractivity contribution in [3.63, 3.8) is 0 Å². The standard InChI is InChI=1S/C15H19N3O2.ClH/c1-19-12-8-4-3-7-11(12)13-17-14(20-18-13)15(16)9-5-2-6-10-15;/h3-4,7-8H,2,5-6,9-10,16H2,1H3;1H. The van der Waals surface area contributed by atoms with E-state index in [-0.39, 0.29) is 12.4 Å². The molecule has 1 aliphatic rings. The molecule has 6 heteroatoms. The molecule has 0 saturated heterocycles. The van der Waals surface area contributed by atoms with Crippen molar-refractivity contribution in [3.8, 4) is 17.1 Å². The van der Waals surface area contributed by atoms with Crippen LogP contribution < -0.4 is 10.5 Å². The van der Waals surface area contributed by atoms with Crippen molar-refractivity contribution < 1.29 is 9.26 Å². The predicted octanol–water partition coefficient (Wildman–Crippen LogP) is 3.29. The molecule has 1 aliphatic carbocycles. The molecule has 3 rings (SSSR count). The van der Waals surface area contributed by atoms with Gasteiger partial charge in [0.1, 0.15) is 5.75 Å². The monoisotopic (exact) mass is 309 g/mol. The second-order valence-corrected chi connectivity index (χ2v) is 5.34. The molecule has 0 bridgehead atoms. The molecular formula is C15H20ClN3O2. The molecule has 0 spiro atoms. The maximum atomic E-state index is 6.41. The summed E-state index contributed by atoms with van der Waals surface area (Å²) in [4.78, 5) is 4.50. The molecule has 1 aromatic heterocycles. The maximum absolute atomic E-state index is 6.41. The first-order valence-electron chi connectivity index (χ1n) is 6.99. The van der Waals surface area contributed by atoms with Gasteiger partial charge in [-0.2, -0.15) is 4.98 Å². The summed E-state index contributed by atoms with van der Waals surface area (Å²) in [6, 6.07) is 7.63. The van der Waals surface area contributed by atoms with Crippen LogP contribution in [0.4, 0.5) is 0 Å². The smallest absolute Gasteiger partial charge is 0.247 e. The largest absolute Gasteiger partial charge is 0.496 e. The van der Waals surface area contributed by atoms with E-state index in [0.29, 0.717) is 11.7 Å². The SMILES string of the molecule is COc1ccccc1-c1noc(C2(N)CCCCC2)n1.Cl. The summed E-state index contributed by atoms with van der Waals surface area (Å²) < 4.78 is 10.7. The molecule has 0 amide bonds. The van der Waals surface area contributed by atoms with Crippen LogP contribution in [-0.4, -0.2) is 17.3 Å². The number of hydrogen-bond acceptors (Lipinski definition) is 5. The van der Waals surface area contributed by atoms with Crippen molar-refractivity contribution in [3.05, 3.63) is 30.2 Å². The number of rotatable bonds is 3. The van der Waals surface area contributed by atoms with E-state index in [4.69, 9.17) is 15.0 Å². The Balaban J connectivity index is 0.00000161. The normalized spacial score (nSPS) is 17.0. The van der Waals surface area contributed by atoms with Crippen LogP contribution in [0, 0.1) is 0 Å². The Morgan fingerprint density at radius 3 is 2.62 bits per heavy atom. The Morgan fingerprint density at radius 2 is 1.90 bits per heavy atom. The third-order valence-corrected chi connectivity index (χ3v) is 3.95. The van der Waals surface area contributed by atoms with Crippen LogP contribution in [0.5, 0.6) is 5.75 Å². The Kier molecular flexibility index (Phi) is 4.85. The molecule has 1 aromatic carbocycles. The highest BCUT2D eigenvalue weighted by Gasteiger charge is 2.35. The van der Waals surface area contributed by atoms with Gasteiger partial charge in [-0.25, -0.2) is 0 Å². The van der Waals surface area contributed by atoms with Gasteiger partial charge in [-0.15, -0.1) is 12.4 Å². The molecule has 21 heavy (non-hydrogen) atoms. The fourth-order valence-electron chi connectivity index (χ4n) is 2.76. The number of hydrogen-bond donors (Lipinski definition) is 1. The minimum absolute atomic E-state index is 0. The number of aromatic nitrogens is 2. The molecule has 1 heterocycles. The summed E-state index contributed by atoms with van der Waals surface area (Å²) in [6.45, 7) is 0. The summed E-state index contributed by atoms with van der Waals surface area (Å²) in [5.41, 5.74) is 6.77. The minimum Gasteiger partial charge on any atom is -0.496 e. The van der Waals surface area contributed by atoms with Gasteiger partial charge < -0.3 is 15.0 Å². The van der Waals surface area contributed by atoms with Crippen LogP contribution in [0.2, 0.25) is 0 Å². The van der Waals surface area contributed by atoms with Crippen LogP contribution in [0.1, 0.15) is 38.0 Å². The molecule has 1 saturated carbocycles. The Labute approximate surface area is 130 Å². The predicted molar refractivity (Wildman–Crippen MR) is 82.5 cm³/mol. The highest BCUT2D eigenvalue weighted by molar-refractivity contribution is 5.85. The lowest BCUT2D eigenvalue weighted by Gasteiger charge is -2.29. The van der Waals surface area contributed by atoms with Crippen LogP contribution in [0.3, 0.4) is 0 Å². The van der Waals surface area contributed by atoms with Gasteiger partial charge in [0.15, 0.2) is 0 Å². The molecule has 0 unspecified atom stereocenters. The zero-order valence-corrected chi connectivity index (χ0v) is 12.9. The Morgan fingerprint density at radius 1 is 1.19 bits per heavy atom. The first-order chi connectivity index (χ1) is 9.73. The van der Waals surface area contributed by atoms with Crippen molar-refractivity contribution in [1.82, 2.24) is 10.1 Å². The van der Waals surface area contributed by atoms with Gasteiger partial charge in [0.25, 0.3) is 0 Å². The number of ether oxygens (including phenoxy) is 1. The second kappa shape index (κ2) is 6.45. The number of nitrogens with zero attached hydrogens (tertiary/aromatic N) is 2. The van der Waals surface area contributed by atoms with E-state index in [2.05, 4.69) is 10.1 Å². The minimum atomic E-state index is -0.467. The lowest BCUT2D eigenvalue weighted by atomic mass is 9.82. The van der Waals surface area contributed by atoms with E-state index in [0.717, 1.165) is 37.0 Å². The quantitative estimate of drug-likeness (QED) is 0.941. The van der Waals surface area contributed by atoms with Crippen molar-refractivity contribution in [1.29, 1.82) is 0 Å². The molecule has 0 radical (unpaired) electrons. The summed E-state index contributed by atoms with van der Waals surface area (Å²) in [5.74, 6) is 1.81. The van der Waals surface area contributed by atoms with Crippen LogP contribution in [0.15, 0.2) is 28.8 Å². The molecule has 114 valence electrons. The number of nitrogens with two attached hydrogens (primary N) is 1. The number of halogens is 1. The number of methoxy groups -OCH3 is 1. The van der Waals surface area contributed by atoms with Crippen molar-refractivity contribution in [2.24, 2.45) is 5.73 Å². The van der Waals surface area contributed by atoms with E-state index >= 15 is 0 Å². The zero-order valence-electron chi connectivity index (χ0n) is 12.0. The lowest BCUT2D eigenvalue weighted by Crippen LogP contribution is -2.38. The third-order valence-electron chi connectivity index (χ3n) is 3.95. The first kappa shape index (κ1) is 15.8. The van der Waals surface area contributed by atoms with Gasteiger partial charge in [-0.1, -0.05) is 36.6 Å². The Bertz CT molecular complexity index is 594. The number of para-hydroxylation sites is 1. The second-order valence-electron chi connectivity index (χ2n) is 5.34. The molecule has 0 aliphatic heterocycles. The summed E-state index contributed by atoms with van der Waals surface area (Å²) in [5, 5.41) is 4.07. The van der Waals surface area contributed by atoms with Gasteiger partial charge in [0.05, 0.1) is 18.2 Å². The highest BCUT2D eigenvalue weighted by Crippen LogP contribution is 2.35. The van der Waals surface area contributed by atoms with Crippen molar-refractivity contribution in [2.75, 3.05) is 7.11 Å². The van der Waals surface area contributed by atoms with Crippen LogP contribution in [0.25, 0.3) is 11.4 Å². The summed E-state index contributed by atoms with van der Waals surface area (Å²) in [7, 11) is 1.63. The van der Waals surface area contributed by atoms with Crippen molar-refractivity contribution >= 4 is 12.4 Å². The van der Waals surface area contributed by atoms with Gasteiger partial charge >= 0.3 is 0 Å². The van der Waals surface area contributed by atoms with Gasteiger partial charge in [0, 0.05) is 0 Å². The zero-order chi connectivity index (χ0) is 14.0. The number of benzene rings is 1. The molecule has 1 fully saturated rings. The average molecular weight is 310 g/mol. The van der Waals surface area contributed by atoms with Gasteiger partial charge in [0.2, 0.25) is 11.7 Å². The fourth-order valence-corrected chi connectivity index (χ4v) is 2.76.